The van der Waals surface area contributed by atoms with Crippen LogP contribution >= 0.6 is 11.6 Å². The molecule has 2 rings (SSSR count). The maximum absolute atomic E-state index is 5.90. The highest BCUT2D eigenvalue weighted by molar-refractivity contribution is 6.30. The molecule has 0 unspecified atom stereocenters. The largest absolute Gasteiger partial charge is 0.419 e. The second kappa shape index (κ2) is 5.29. The van der Waals surface area contributed by atoms with Crippen molar-refractivity contribution in [3.8, 4) is 11.5 Å². The van der Waals surface area contributed by atoms with Crippen LogP contribution in [0.3, 0.4) is 0 Å². The number of hydrogen-bond acceptors (Lipinski definition) is 4. The molecule has 4 nitrogen and oxygen atoms in total. The number of nitrogens with zero attached hydrogens (tertiary/aromatic N) is 2. The highest BCUT2D eigenvalue weighted by atomic mass is 35.5. The molecule has 2 aromatic rings. The van der Waals surface area contributed by atoms with Crippen molar-refractivity contribution in [1.29, 1.82) is 0 Å². The van der Waals surface area contributed by atoms with E-state index in [4.69, 9.17) is 16.0 Å². The molecule has 1 N–H and O–H groups in total. The Morgan fingerprint density at radius 1 is 1.35 bits per heavy atom. The van der Waals surface area contributed by atoms with Crippen LogP contribution in [-0.4, -0.2) is 16.2 Å². The van der Waals surface area contributed by atoms with Crippen LogP contribution in [0.4, 0.5) is 0 Å². The fourth-order valence-electron chi connectivity index (χ4n) is 1.35. The van der Waals surface area contributed by atoms with Gasteiger partial charge in [-0.2, -0.15) is 0 Å². The molecule has 0 atom stereocenters. The summed E-state index contributed by atoms with van der Waals surface area (Å²) in [5.41, 5.74) is 0.834. The van der Waals surface area contributed by atoms with Crippen molar-refractivity contribution in [1.82, 2.24) is 15.5 Å². The Hall–Kier alpha value is -1.39. The summed E-state index contributed by atoms with van der Waals surface area (Å²) >= 11 is 5.90. The third kappa shape index (κ3) is 3.28. The Morgan fingerprint density at radius 2 is 2.18 bits per heavy atom. The predicted octanol–water partition coefficient (Wildman–Crippen LogP) is 2.89. The topological polar surface area (TPSA) is 51.0 Å². The number of hydrogen-bond donors (Lipinski definition) is 1. The third-order valence-corrected chi connectivity index (χ3v) is 2.44. The van der Waals surface area contributed by atoms with Crippen molar-refractivity contribution >= 4 is 11.6 Å². The molecule has 90 valence electrons. The van der Waals surface area contributed by atoms with Crippen molar-refractivity contribution in [3.05, 3.63) is 35.2 Å². The average Bonchev–Trinajstić information content (AvgIpc) is 2.75. The SMILES string of the molecule is CC(C)NCc1nnc(-c2cccc(Cl)c2)o1. The summed E-state index contributed by atoms with van der Waals surface area (Å²) in [5, 5.41) is 11.8. The minimum absolute atomic E-state index is 0.386. The fourth-order valence-corrected chi connectivity index (χ4v) is 1.54. The second-order valence-corrected chi connectivity index (χ2v) is 4.48. The molecular formula is C12H14ClN3O. The zero-order valence-corrected chi connectivity index (χ0v) is 10.5. The lowest BCUT2D eigenvalue weighted by molar-refractivity contribution is 0.459. The Balaban J connectivity index is 2.12. The number of aromatic nitrogens is 2. The molecule has 0 aliphatic rings. The molecule has 17 heavy (non-hydrogen) atoms. The van der Waals surface area contributed by atoms with Crippen LogP contribution in [0.2, 0.25) is 5.02 Å². The first kappa shape index (κ1) is 12.1. The molecule has 0 saturated heterocycles. The van der Waals surface area contributed by atoms with Crippen molar-refractivity contribution in [2.45, 2.75) is 26.4 Å². The predicted molar refractivity (Wildman–Crippen MR) is 66.7 cm³/mol. The lowest BCUT2D eigenvalue weighted by atomic mass is 10.2. The van der Waals surface area contributed by atoms with E-state index in [1.54, 1.807) is 6.07 Å². The van der Waals surface area contributed by atoms with Gasteiger partial charge in [-0.1, -0.05) is 31.5 Å². The van der Waals surface area contributed by atoms with Gasteiger partial charge in [0.15, 0.2) is 0 Å². The summed E-state index contributed by atoms with van der Waals surface area (Å²) in [6.07, 6.45) is 0. The summed E-state index contributed by atoms with van der Waals surface area (Å²) in [6.45, 7) is 4.70. The van der Waals surface area contributed by atoms with Crippen molar-refractivity contribution < 1.29 is 4.42 Å². The molecule has 5 heteroatoms. The maximum Gasteiger partial charge on any atom is 0.247 e. The molecule has 0 aliphatic heterocycles. The number of rotatable bonds is 4. The van der Waals surface area contributed by atoms with Gasteiger partial charge in [-0.15, -0.1) is 10.2 Å². The van der Waals surface area contributed by atoms with Crippen LogP contribution < -0.4 is 5.32 Å². The van der Waals surface area contributed by atoms with Gasteiger partial charge in [0.25, 0.3) is 0 Å². The van der Waals surface area contributed by atoms with E-state index >= 15 is 0 Å². The highest BCUT2D eigenvalue weighted by Crippen LogP contribution is 2.21. The van der Waals surface area contributed by atoms with Crippen molar-refractivity contribution in [2.75, 3.05) is 0 Å². The van der Waals surface area contributed by atoms with E-state index in [0.717, 1.165) is 5.56 Å². The first-order chi connectivity index (χ1) is 8.15. The van der Waals surface area contributed by atoms with Gasteiger partial charge < -0.3 is 9.73 Å². The molecule has 0 amide bonds. The van der Waals surface area contributed by atoms with Gasteiger partial charge in [0.2, 0.25) is 11.8 Å². The van der Waals surface area contributed by atoms with Gasteiger partial charge in [-0.05, 0) is 18.2 Å². The number of nitrogens with one attached hydrogen (secondary N) is 1. The van der Waals surface area contributed by atoms with Crippen LogP contribution in [0.5, 0.6) is 0 Å². The summed E-state index contributed by atoms with van der Waals surface area (Å²) in [7, 11) is 0. The Bertz CT molecular complexity index is 496. The van der Waals surface area contributed by atoms with Crippen LogP contribution in [0.15, 0.2) is 28.7 Å². The lowest BCUT2D eigenvalue weighted by Crippen LogP contribution is -2.21. The fraction of sp³-hybridized carbons (Fsp3) is 0.333. The average molecular weight is 252 g/mol. The zero-order valence-electron chi connectivity index (χ0n) is 9.77. The summed E-state index contributed by atoms with van der Waals surface area (Å²) in [6, 6.07) is 7.74. The Kier molecular flexibility index (Phi) is 3.76. The Labute approximate surface area is 105 Å². The van der Waals surface area contributed by atoms with Crippen LogP contribution in [0, 0.1) is 0 Å². The third-order valence-electron chi connectivity index (χ3n) is 2.20. The molecule has 0 saturated carbocycles. The highest BCUT2D eigenvalue weighted by Gasteiger charge is 2.08. The van der Waals surface area contributed by atoms with Crippen molar-refractivity contribution in [2.24, 2.45) is 0 Å². The standard InChI is InChI=1S/C12H14ClN3O/c1-8(2)14-7-11-15-16-12(17-11)9-4-3-5-10(13)6-9/h3-6,8,14H,7H2,1-2H3. The van der Waals surface area contributed by atoms with Crippen molar-refractivity contribution in [3.63, 3.8) is 0 Å². The smallest absolute Gasteiger partial charge is 0.247 e. The molecule has 1 aromatic carbocycles. The number of halogens is 1. The van der Waals surface area contributed by atoms with E-state index in [1.807, 2.05) is 18.2 Å². The van der Waals surface area contributed by atoms with Gasteiger partial charge in [0, 0.05) is 16.6 Å². The molecule has 1 heterocycles. The van der Waals surface area contributed by atoms with E-state index in [-0.39, 0.29) is 0 Å². The van der Waals surface area contributed by atoms with Gasteiger partial charge in [-0.3, -0.25) is 0 Å². The van der Waals surface area contributed by atoms with Gasteiger partial charge in [0.1, 0.15) is 0 Å². The zero-order chi connectivity index (χ0) is 12.3. The molecule has 0 fully saturated rings. The monoisotopic (exact) mass is 251 g/mol. The quantitative estimate of drug-likeness (QED) is 0.908. The van der Waals surface area contributed by atoms with Crippen LogP contribution in [-0.2, 0) is 6.54 Å². The van der Waals surface area contributed by atoms with E-state index in [9.17, 15) is 0 Å². The minimum Gasteiger partial charge on any atom is -0.419 e. The summed E-state index contributed by atoms with van der Waals surface area (Å²) < 4.78 is 5.53. The first-order valence-electron chi connectivity index (χ1n) is 5.47. The van der Waals surface area contributed by atoms with Gasteiger partial charge >= 0.3 is 0 Å². The van der Waals surface area contributed by atoms with Gasteiger partial charge in [-0.25, -0.2) is 0 Å². The first-order valence-corrected chi connectivity index (χ1v) is 5.84. The van der Waals surface area contributed by atoms with Crippen LogP contribution in [0.25, 0.3) is 11.5 Å². The van der Waals surface area contributed by atoms with Gasteiger partial charge in [0.05, 0.1) is 6.54 Å². The lowest BCUT2D eigenvalue weighted by Gasteiger charge is -2.03. The van der Waals surface area contributed by atoms with E-state index < -0.39 is 0 Å². The van der Waals surface area contributed by atoms with E-state index in [1.165, 1.54) is 0 Å². The molecule has 1 aromatic heterocycles. The van der Waals surface area contributed by atoms with E-state index in [2.05, 4.69) is 29.4 Å². The second-order valence-electron chi connectivity index (χ2n) is 4.05. The normalized spacial score (nSPS) is 11.1. The summed E-state index contributed by atoms with van der Waals surface area (Å²) in [5.74, 6) is 1.07. The number of benzene rings is 1. The minimum atomic E-state index is 0.386. The molecule has 0 spiro atoms. The maximum atomic E-state index is 5.90. The molecule has 0 bridgehead atoms. The molecular weight excluding hydrogens is 238 g/mol. The van der Waals surface area contributed by atoms with E-state index in [0.29, 0.717) is 29.4 Å². The summed E-state index contributed by atoms with van der Waals surface area (Å²) in [4.78, 5) is 0. The Morgan fingerprint density at radius 3 is 2.88 bits per heavy atom. The molecule has 0 radical (unpaired) electrons. The molecule has 0 aliphatic carbocycles. The van der Waals surface area contributed by atoms with Crippen LogP contribution in [0.1, 0.15) is 19.7 Å².